The Bertz CT molecular complexity index is 1230. The number of nitrogens with one attached hydrogen (secondary N) is 4. The van der Waals surface area contributed by atoms with Gasteiger partial charge < -0.3 is 29.5 Å². The first-order chi connectivity index (χ1) is 17.6. The van der Waals surface area contributed by atoms with Gasteiger partial charge in [0.1, 0.15) is 29.9 Å². The van der Waals surface area contributed by atoms with Gasteiger partial charge in [0.05, 0.1) is 12.7 Å². The number of urea groups is 1. The quantitative estimate of drug-likeness (QED) is 0.100. The number of hydrogen-bond donors (Lipinski definition) is 6. The van der Waals surface area contributed by atoms with Crippen LogP contribution in [0.2, 0.25) is 0 Å². The van der Waals surface area contributed by atoms with Crippen LogP contribution in [-0.2, 0) is 28.2 Å². The highest BCUT2D eigenvalue weighted by Gasteiger charge is 2.54. The van der Waals surface area contributed by atoms with Gasteiger partial charge in [-0.15, -0.1) is 0 Å². The van der Waals surface area contributed by atoms with Crippen molar-refractivity contribution in [3.05, 3.63) is 33.1 Å². The molecule has 212 valence electrons. The van der Waals surface area contributed by atoms with Gasteiger partial charge in [0.2, 0.25) is 0 Å². The lowest BCUT2D eigenvalue weighted by Crippen LogP contribution is -2.47. The molecule has 1 aromatic rings. The fourth-order valence-corrected chi connectivity index (χ4v) is 7.51. The summed E-state index contributed by atoms with van der Waals surface area (Å²) >= 11 is 0.622. The van der Waals surface area contributed by atoms with E-state index in [0.717, 1.165) is 16.8 Å². The van der Waals surface area contributed by atoms with Crippen LogP contribution < -0.4 is 27.0 Å². The van der Waals surface area contributed by atoms with Crippen LogP contribution in [0.15, 0.2) is 21.9 Å². The van der Waals surface area contributed by atoms with Crippen molar-refractivity contribution in [1.29, 1.82) is 0 Å². The Morgan fingerprint density at radius 3 is 2.58 bits per heavy atom. The highest BCUT2D eigenvalue weighted by atomic mass is 32.7. The largest absolute Gasteiger partial charge is 0.462 e. The van der Waals surface area contributed by atoms with Crippen LogP contribution in [0, 0.1) is 0 Å². The van der Waals surface area contributed by atoms with Crippen molar-refractivity contribution in [3.63, 3.8) is 0 Å². The van der Waals surface area contributed by atoms with Gasteiger partial charge in [-0.25, -0.2) is 14.7 Å². The molecule has 18 heteroatoms. The molecule has 0 bridgehead atoms. The first kappa shape index (κ1) is 30.0. The smallest absolute Gasteiger partial charge is 0.330 e. The minimum atomic E-state index is -4.05. The lowest BCUT2D eigenvalue weighted by molar-refractivity contribution is -0.149. The zero-order valence-electron chi connectivity index (χ0n) is 20.9. The number of aliphatic hydroxyl groups is 2. The van der Waals surface area contributed by atoms with Crippen molar-refractivity contribution in [3.8, 4) is 0 Å². The highest BCUT2D eigenvalue weighted by Crippen LogP contribution is 2.57. The van der Waals surface area contributed by atoms with Crippen molar-refractivity contribution >= 4 is 36.0 Å². The minimum absolute atomic E-state index is 0.199. The van der Waals surface area contributed by atoms with E-state index < -0.39 is 84.7 Å². The van der Waals surface area contributed by atoms with Gasteiger partial charge in [-0.3, -0.25) is 33.8 Å². The number of aliphatic hydroxyl groups excluding tert-OH is 1. The monoisotopic (exact) mass is 579 g/mol. The van der Waals surface area contributed by atoms with Crippen molar-refractivity contribution in [2.75, 3.05) is 12.4 Å². The number of rotatable bonds is 11. The third-order valence-electron chi connectivity index (χ3n) is 5.59. The third kappa shape index (κ3) is 6.91. The molecule has 0 spiro atoms. The van der Waals surface area contributed by atoms with E-state index in [4.69, 9.17) is 14.0 Å². The summed E-state index contributed by atoms with van der Waals surface area (Å²) in [5.41, 5.74) is -3.60. The minimum Gasteiger partial charge on any atom is -0.462 e. The number of nitrogens with zero attached hydrogens (tertiary/aromatic N) is 1. The average Bonchev–Trinajstić information content (AvgIpc) is 3.25. The molecule has 3 rings (SSSR count). The molecule has 0 aromatic carbocycles. The summed E-state index contributed by atoms with van der Waals surface area (Å²) in [7, 11) is 0. The number of carbonyl (C=O) groups excluding carboxylic acids is 3. The van der Waals surface area contributed by atoms with Crippen LogP contribution in [-0.4, -0.2) is 86.0 Å². The van der Waals surface area contributed by atoms with Crippen LogP contribution >= 0.6 is 18.1 Å². The molecule has 3 heterocycles. The number of amides is 3. The Morgan fingerprint density at radius 1 is 1.32 bits per heavy atom. The normalized spacial score (nSPS) is 29.6. The second-order valence-electron chi connectivity index (χ2n) is 9.16. The number of aromatic nitrogens is 2. The zero-order valence-corrected chi connectivity index (χ0v) is 22.6. The van der Waals surface area contributed by atoms with Crippen LogP contribution in [0.3, 0.4) is 0 Å². The fourth-order valence-electron chi connectivity index (χ4n) is 3.65. The molecule has 16 nitrogen and oxygen atoms in total. The number of hydrogen-bond acceptors (Lipinski definition) is 12. The van der Waals surface area contributed by atoms with E-state index in [1.54, 1.807) is 13.8 Å². The molecular formula is C20H30N5O11PS. The van der Waals surface area contributed by atoms with E-state index in [0.29, 0.717) is 11.4 Å². The summed E-state index contributed by atoms with van der Waals surface area (Å²) in [6.07, 6.45) is -3.74. The standard InChI is InChI=1S/C20H30N5O11PS/c1-9(2)35-16(29)10(3)24-37(33,38-8-11-15(28)23-18(30)21-11)34-7-12-14(27)20(4,32)17(36-12)25-6-5-13(26)22-19(25)31/h5-6,9-12,14,17,27,32H,7-8H2,1-4H3,(H,24,33)(H,22,26,31)(H2,21,23,28,30)/t10-,11-,12?,14-,17?,20-,37+/m1/s1. The molecule has 0 aliphatic carbocycles. The first-order valence-electron chi connectivity index (χ1n) is 11.5. The maximum atomic E-state index is 13.7. The molecular weight excluding hydrogens is 549 g/mol. The Morgan fingerprint density at radius 2 is 2.00 bits per heavy atom. The van der Waals surface area contributed by atoms with E-state index in [1.807, 2.05) is 10.3 Å². The first-order valence-corrected chi connectivity index (χ1v) is 14.7. The second kappa shape index (κ2) is 11.7. The topological polar surface area (TPSA) is 227 Å². The zero-order chi connectivity index (χ0) is 28.4. The molecule has 2 fully saturated rings. The summed E-state index contributed by atoms with van der Waals surface area (Å²) in [6.45, 7) is 1.21. The van der Waals surface area contributed by atoms with E-state index >= 15 is 0 Å². The summed E-state index contributed by atoms with van der Waals surface area (Å²) in [4.78, 5) is 61.2. The highest BCUT2D eigenvalue weighted by molar-refractivity contribution is 8.56. The predicted molar refractivity (Wildman–Crippen MR) is 132 cm³/mol. The molecule has 3 amide bonds. The number of H-pyrrole nitrogens is 1. The number of imide groups is 1. The van der Waals surface area contributed by atoms with Gasteiger partial charge in [0.15, 0.2) is 6.23 Å². The van der Waals surface area contributed by atoms with Gasteiger partial charge >= 0.3 is 24.4 Å². The molecule has 2 unspecified atom stereocenters. The average molecular weight is 580 g/mol. The lowest BCUT2D eigenvalue weighted by Gasteiger charge is -2.27. The van der Waals surface area contributed by atoms with Crippen molar-refractivity contribution in [2.24, 2.45) is 0 Å². The molecule has 0 saturated carbocycles. The van der Waals surface area contributed by atoms with Gasteiger partial charge in [-0.2, -0.15) is 0 Å². The van der Waals surface area contributed by atoms with Crippen molar-refractivity contribution in [2.45, 2.75) is 69.9 Å². The summed E-state index contributed by atoms with van der Waals surface area (Å²) in [6, 6.07) is -1.82. The molecule has 0 radical (unpaired) electrons. The molecule has 1 aromatic heterocycles. The molecule has 38 heavy (non-hydrogen) atoms. The summed E-state index contributed by atoms with van der Waals surface area (Å²) in [5.74, 6) is -1.57. The molecule has 2 aliphatic rings. The summed E-state index contributed by atoms with van der Waals surface area (Å²) in [5, 5.41) is 28.5. The Balaban J connectivity index is 1.76. The van der Waals surface area contributed by atoms with E-state index in [9.17, 15) is 38.8 Å². The Hall–Kier alpha value is -2.53. The number of esters is 1. The molecule has 6 N–H and O–H groups in total. The number of ether oxygens (including phenoxy) is 2. The van der Waals surface area contributed by atoms with Crippen LogP contribution in [0.1, 0.15) is 33.9 Å². The van der Waals surface area contributed by atoms with Gasteiger partial charge in [0, 0.05) is 18.0 Å². The molecule has 7 atom stereocenters. The van der Waals surface area contributed by atoms with E-state index in [-0.39, 0.29) is 5.75 Å². The number of aromatic amines is 1. The second-order valence-corrected chi connectivity index (χ2v) is 13.5. The van der Waals surface area contributed by atoms with Gasteiger partial charge in [-0.1, -0.05) is 11.4 Å². The Labute approximate surface area is 220 Å². The fraction of sp³-hybridized carbons (Fsp3) is 0.650. The van der Waals surface area contributed by atoms with E-state index in [2.05, 4.69) is 10.4 Å². The molecule has 2 aliphatic heterocycles. The SMILES string of the molecule is CC(C)OC(=O)[C@@H](C)N[P@](=O)(OCC1OC(n2ccc(=O)[nH]c2=O)[C@](C)(O)[C@@H]1O)SC[C@H]1NC(=O)NC1=O. The third-order valence-corrected chi connectivity index (χ3v) is 9.71. The van der Waals surface area contributed by atoms with Crippen LogP contribution in [0.4, 0.5) is 4.79 Å². The molecule has 2 saturated heterocycles. The maximum absolute atomic E-state index is 13.7. The maximum Gasteiger partial charge on any atom is 0.330 e. The van der Waals surface area contributed by atoms with E-state index in [1.165, 1.54) is 13.8 Å². The van der Waals surface area contributed by atoms with Crippen molar-refractivity contribution in [1.82, 2.24) is 25.3 Å². The van der Waals surface area contributed by atoms with Gasteiger partial charge in [0.25, 0.3) is 11.5 Å². The van der Waals surface area contributed by atoms with Crippen LogP contribution in [0.5, 0.6) is 0 Å². The van der Waals surface area contributed by atoms with Crippen LogP contribution in [0.25, 0.3) is 0 Å². The van der Waals surface area contributed by atoms with Crippen molar-refractivity contribution < 1.29 is 43.2 Å². The lowest BCUT2D eigenvalue weighted by atomic mass is 9.96. The van der Waals surface area contributed by atoms with Gasteiger partial charge in [-0.05, 0) is 27.7 Å². The number of carbonyl (C=O) groups is 3. The Kier molecular flexibility index (Phi) is 9.24. The predicted octanol–water partition coefficient (Wildman–Crippen LogP) is -1.46. The summed E-state index contributed by atoms with van der Waals surface area (Å²) < 4.78 is 30.9.